The van der Waals surface area contributed by atoms with Crippen molar-refractivity contribution in [3.8, 4) is 5.75 Å². The van der Waals surface area contributed by atoms with Crippen LogP contribution in [0.2, 0.25) is 0 Å². The van der Waals surface area contributed by atoms with Crippen molar-refractivity contribution in [2.24, 2.45) is 0 Å². The third-order valence-corrected chi connectivity index (χ3v) is 7.09. The van der Waals surface area contributed by atoms with Crippen LogP contribution in [0.3, 0.4) is 0 Å². The quantitative estimate of drug-likeness (QED) is 0.528. The van der Waals surface area contributed by atoms with Gasteiger partial charge < -0.3 is 14.0 Å². The number of ether oxygens (including phenoxy) is 2. The molecule has 1 saturated heterocycles. The van der Waals surface area contributed by atoms with Crippen molar-refractivity contribution < 1.29 is 27.5 Å². The number of nitrogens with zero attached hydrogens (tertiary/aromatic N) is 1. The molecule has 0 unspecified atom stereocenters. The average molecular weight is 419 g/mol. The van der Waals surface area contributed by atoms with Gasteiger partial charge in [0.2, 0.25) is 5.78 Å². The van der Waals surface area contributed by atoms with Crippen LogP contribution in [0, 0.1) is 20.8 Å². The zero-order valence-electron chi connectivity index (χ0n) is 17.0. The average Bonchev–Trinajstić information content (AvgIpc) is 3.17. The Morgan fingerprint density at radius 1 is 1.17 bits per heavy atom. The normalized spacial score (nSPS) is 17.9. The Hall–Kier alpha value is -2.61. The topological polar surface area (TPSA) is 91.7 Å². The number of benzene rings is 1. The van der Waals surface area contributed by atoms with Gasteiger partial charge in [0.05, 0.1) is 24.2 Å². The van der Waals surface area contributed by atoms with E-state index in [1.165, 1.54) is 7.11 Å². The molecule has 0 bridgehead atoms. The van der Waals surface area contributed by atoms with Crippen LogP contribution in [0.1, 0.15) is 50.1 Å². The van der Waals surface area contributed by atoms with Gasteiger partial charge in [0.25, 0.3) is 0 Å². The van der Waals surface area contributed by atoms with Crippen molar-refractivity contribution in [1.82, 2.24) is 4.57 Å². The molecule has 0 spiro atoms. The van der Waals surface area contributed by atoms with E-state index in [4.69, 9.17) is 9.47 Å². The second-order valence-electron chi connectivity index (χ2n) is 7.40. The predicted octanol–water partition coefficient (Wildman–Crippen LogP) is 2.82. The molecule has 1 aliphatic heterocycles. The molecule has 2 heterocycles. The number of hydrogen-bond donors (Lipinski definition) is 0. The zero-order chi connectivity index (χ0) is 21.3. The van der Waals surface area contributed by atoms with Gasteiger partial charge in [-0.2, -0.15) is 0 Å². The van der Waals surface area contributed by atoms with Gasteiger partial charge in [-0.1, -0.05) is 6.07 Å². The lowest BCUT2D eigenvalue weighted by Gasteiger charge is -2.16. The summed E-state index contributed by atoms with van der Waals surface area (Å²) in [4.78, 5) is 24.9. The van der Waals surface area contributed by atoms with Gasteiger partial charge in [0, 0.05) is 23.0 Å². The van der Waals surface area contributed by atoms with Crippen LogP contribution in [0.15, 0.2) is 24.3 Å². The van der Waals surface area contributed by atoms with E-state index >= 15 is 0 Å². The molecule has 8 heteroatoms. The molecule has 1 atom stereocenters. The van der Waals surface area contributed by atoms with E-state index in [1.54, 1.807) is 31.2 Å². The second kappa shape index (κ2) is 8.02. The smallest absolute Gasteiger partial charge is 0.338 e. The molecular weight excluding hydrogens is 394 g/mol. The minimum absolute atomic E-state index is 0.0846. The van der Waals surface area contributed by atoms with Crippen molar-refractivity contribution in [3.63, 3.8) is 0 Å². The molecule has 0 N–H and O–H groups in total. The number of aromatic nitrogens is 1. The van der Waals surface area contributed by atoms with Gasteiger partial charge in [-0.05, 0) is 51.0 Å². The molecular formula is C21H25NO6S. The predicted molar refractivity (Wildman–Crippen MR) is 109 cm³/mol. The first-order valence-electron chi connectivity index (χ1n) is 9.36. The maximum atomic E-state index is 12.7. The molecule has 29 heavy (non-hydrogen) atoms. The van der Waals surface area contributed by atoms with Crippen LogP contribution in [0.25, 0.3) is 0 Å². The number of sulfone groups is 1. The fourth-order valence-electron chi connectivity index (χ4n) is 3.84. The second-order valence-corrected chi connectivity index (χ2v) is 9.62. The SMILES string of the molecule is COc1cc(C(=O)OCC(=O)c2cc(C)n([C@@H]3CCS(=O)(=O)C3)c2C)ccc1C. The number of carbonyl (C=O) groups is 2. The number of esters is 1. The van der Waals surface area contributed by atoms with E-state index < -0.39 is 15.8 Å². The number of aryl methyl sites for hydroxylation is 2. The Labute approximate surface area is 170 Å². The van der Waals surface area contributed by atoms with Crippen LogP contribution >= 0.6 is 0 Å². The molecule has 1 aliphatic rings. The van der Waals surface area contributed by atoms with E-state index in [-0.39, 0.29) is 29.9 Å². The molecule has 7 nitrogen and oxygen atoms in total. The van der Waals surface area contributed by atoms with Crippen LogP contribution < -0.4 is 4.74 Å². The molecule has 0 radical (unpaired) electrons. The fraction of sp³-hybridized carbons (Fsp3) is 0.429. The highest BCUT2D eigenvalue weighted by Gasteiger charge is 2.31. The molecule has 0 saturated carbocycles. The Bertz CT molecular complexity index is 1070. The summed E-state index contributed by atoms with van der Waals surface area (Å²) in [5, 5.41) is 0. The lowest BCUT2D eigenvalue weighted by molar-refractivity contribution is 0.0474. The van der Waals surface area contributed by atoms with E-state index in [0.717, 1.165) is 11.3 Å². The summed E-state index contributed by atoms with van der Waals surface area (Å²) in [7, 11) is -1.51. The summed E-state index contributed by atoms with van der Waals surface area (Å²) in [5.74, 6) is -0.109. The van der Waals surface area contributed by atoms with Crippen LogP contribution in [0.4, 0.5) is 0 Å². The van der Waals surface area contributed by atoms with Gasteiger partial charge in [-0.25, -0.2) is 13.2 Å². The minimum atomic E-state index is -3.03. The minimum Gasteiger partial charge on any atom is -0.496 e. The van der Waals surface area contributed by atoms with Crippen molar-refractivity contribution in [1.29, 1.82) is 0 Å². The van der Waals surface area contributed by atoms with E-state index in [2.05, 4.69) is 0 Å². The molecule has 1 aromatic heterocycles. The lowest BCUT2D eigenvalue weighted by Crippen LogP contribution is -2.17. The first-order chi connectivity index (χ1) is 13.6. The van der Waals surface area contributed by atoms with Crippen LogP contribution in [-0.4, -0.2) is 50.0 Å². The molecule has 0 amide bonds. The van der Waals surface area contributed by atoms with Gasteiger partial charge in [0.1, 0.15) is 5.75 Å². The zero-order valence-corrected chi connectivity index (χ0v) is 17.8. The number of methoxy groups -OCH3 is 1. The van der Waals surface area contributed by atoms with Crippen molar-refractivity contribution in [3.05, 3.63) is 52.3 Å². The van der Waals surface area contributed by atoms with E-state index in [0.29, 0.717) is 29.0 Å². The van der Waals surface area contributed by atoms with Crippen LogP contribution in [0.5, 0.6) is 5.75 Å². The molecule has 2 aromatic rings. The van der Waals surface area contributed by atoms with Crippen molar-refractivity contribution in [2.45, 2.75) is 33.2 Å². The standard InChI is InChI=1S/C21H25NO6S/c1-13-5-6-16(10-20(13)27-4)21(24)28-11-19(23)18-9-14(2)22(15(18)3)17-7-8-29(25,26)12-17/h5-6,9-10,17H,7-8,11-12H2,1-4H3/t17-/m1/s1. The summed E-state index contributed by atoms with van der Waals surface area (Å²) >= 11 is 0. The van der Waals surface area contributed by atoms with Gasteiger partial charge in [-0.15, -0.1) is 0 Å². The highest BCUT2D eigenvalue weighted by atomic mass is 32.2. The van der Waals surface area contributed by atoms with E-state index in [9.17, 15) is 18.0 Å². The molecule has 1 aromatic carbocycles. The number of hydrogen-bond acceptors (Lipinski definition) is 6. The summed E-state index contributed by atoms with van der Waals surface area (Å²) in [5.41, 5.74) is 3.16. The van der Waals surface area contributed by atoms with E-state index in [1.807, 2.05) is 18.4 Å². The Kier molecular flexibility index (Phi) is 5.84. The molecule has 3 rings (SSSR count). The lowest BCUT2D eigenvalue weighted by atomic mass is 10.1. The molecule has 1 fully saturated rings. The molecule has 0 aliphatic carbocycles. The number of carbonyl (C=O) groups excluding carboxylic acids is 2. The third-order valence-electron chi connectivity index (χ3n) is 5.34. The monoisotopic (exact) mass is 419 g/mol. The molecule has 156 valence electrons. The first kappa shape index (κ1) is 21.1. The maximum absolute atomic E-state index is 12.7. The summed E-state index contributed by atoms with van der Waals surface area (Å²) in [6.45, 7) is 5.11. The Balaban J connectivity index is 1.72. The highest BCUT2D eigenvalue weighted by molar-refractivity contribution is 7.91. The van der Waals surface area contributed by atoms with Crippen molar-refractivity contribution >= 4 is 21.6 Å². The first-order valence-corrected chi connectivity index (χ1v) is 11.2. The van der Waals surface area contributed by atoms with Gasteiger partial charge >= 0.3 is 5.97 Å². The summed E-state index contributed by atoms with van der Waals surface area (Å²) in [6.07, 6.45) is 0.538. The highest BCUT2D eigenvalue weighted by Crippen LogP contribution is 2.29. The largest absolute Gasteiger partial charge is 0.496 e. The summed E-state index contributed by atoms with van der Waals surface area (Å²) < 4.78 is 35.9. The third kappa shape index (κ3) is 4.37. The maximum Gasteiger partial charge on any atom is 0.338 e. The number of ketones is 1. The number of rotatable bonds is 6. The van der Waals surface area contributed by atoms with Crippen LogP contribution in [-0.2, 0) is 14.6 Å². The fourth-order valence-corrected chi connectivity index (χ4v) is 5.54. The van der Waals surface area contributed by atoms with Crippen molar-refractivity contribution in [2.75, 3.05) is 25.2 Å². The van der Waals surface area contributed by atoms with Gasteiger partial charge in [-0.3, -0.25) is 4.79 Å². The summed E-state index contributed by atoms with van der Waals surface area (Å²) in [6, 6.07) is 6.52. The number of Topliss-reactive ketones (excluding diaryl/α,β-unsaturated/α-hetero) is 1. The Morgan fingerprint density at radius 2 is 1.90 bits per heavy atom. The van der Waals surface area contributed by atoms with Gasteiger partial charge in [0.15, 0.2) is 16.4 Å². The Morgan fingerprint density at radius 3 is 2.52 bits per heavy atom.